The first-order valence-electron chi connectivity index (χ1n) is 4.65. The number of hydrogen-bond donors (Lipinski definition) is 0. The molecule has 0 aromatic carbocycles. The van der Waals surface area contributed by atoms with Crippen LogP contribution in [0.2, 0.25) is 0 Å². The molecule has 2 heteroatoms. The van der Waals surface area contributed by atoms with Crippen LogP contribution in [0.15, 0.2) is 0 Å². The molecule has 0 aliphatic carbocycles. The highest BCUT2D eigenvalue weighted by Crippen LogP contribution is 2.12. The van der Waals surface area contributed by atoms with Gasteiger partial charge >= 0.3 is 0 Å². The fraction of sp³-hybridized carbons (Fsp3) is 1.00. The molecule has 11 heavy (non-hydrogen) atoms. The third-order valence-electron chi connectivity index (χ3n) is 2.16. The maximum atomic E-state index is 5.67. The molecule has 1 saturated heterocycles. The topological polar surface area (TPSA) is 23.3 Å². The zero-order valence-electron chi connectivity index (χ0n) is 7.55. The monoisotopic (exact) mass is 156 g/mol. The zero-order chi connectivity index (χ0) is 8.10. The van der Waals surface area contributed by atoms with Gasteiger partial charge in [-0.2, -0.15) is 0 Å². The van der Waals surface area contributed by atoms with Gasteiger partial charge in [-0.25, -0.2) is 5.32 Å². The average Bonchev–Trinajstić information content (AvgIpc) is 2.06. The SMILES string of the molecule is CCC(C)OC1CCCC[N]1. The van der Waals surface area contributed by atoms with E-state index in [-0.39, 0.29) is 6.23 Å². The molecule has 0 N–H and O–H groups in total. The zero-order valence-corrected chi connectivity index (χ0v) is 7.55. The smallest absolute Gasteiger partial charge is 0.123 e. The molecule has 0 spiro atoms. The minimum Gasteiger partial charge on any atom is -0.359 e. The summed E-state index contributed by atoms with van der Waals surface area (Å²) in [5, 5.41) is 4.40. The van der Waals surface area contributed by atoms with Crippen molar-refractivity contribution in [3.8, 4) is 0 Å². The van der Waals surface area contributed by atoms with Crippen molar-refractivity contribution in [1.29, 1.82) is 0 Å². The Bertz CT molecular complexity index is 99.7. The Morgan fingerprint density at radius 3 is 2.91 bits per heavy atom. The van der Waals surface area contributed by atoms with Crippen LogP contribution in [-0.2, 0) is 4.74 Å². The summed E-state index contributed by atoms with van der Waals surface area (Å²) in [4.78, 5) is 0. The molecule has 0 bridgehead atoms. The van der Waals surface area contributed by atoms with Crippen LogP contribution in [-0.4, -0.2) is 18.9 Å². The molecule has 1 rings (SSSR count). The van der Waals surface area contributed by atoms with Crippen molar-refractivity contribution in [3.63, 3.8) is 0 Å². The number of rotatable bonds is 3. The van der Waals surface area contributed by atoms with Crippen molar-refractivity contribution in [2.75, 3.05) is 6.54 Å². The van der Waals surface area contributed by atoms with Crippen molar-refractivity contribution in [2.45, 2.75) is 51.9 Å². The molecule has 65 valence electrons. The van der Waals surface area contributed by atoms with Crippen molar-refractivity contribution >= 4 is 0 Å². The Morgan fingerprint density at radius 1 is 1.55 bits per heavy atom. The average molecular weight is 156 g/mol. The van der Waals surface area contributed by atoms with Crippen LogP contribution < -0.4 is 5.32 Å². The van der Waals surface area contributed by atoms with Crippen molar-refractivity contribution in [3.05, 3.63) is 0 Å². The molecule has 0 amide bonds. The van der Waals surface area contributed by atoms with E-state index in [1.165, 1.54) is 12.8 Å². The summed E-state index contributed by atoms with van der Waals surface area (Å²) in [7, 11) is 0. The number of piperidine rings is 1. The van der Waals surface area contributed by atoms with E-state index in [4.69, 9.17) is 4.74 Å². The highest BCUT2D eigenvalue weighted by atomic mass is 16.5. The Kier molecular flexibility index (Phi) is 3.87. The van der Waals surface area contributed by atoms with Crippen molar-refractivity contribution in [2.24, 2.45) is 0 Å². The molecular formula is C9H18NO. The Hall–Kier alpha value is -0.0800. The third-order valence-corrected chi connectivity index (χ3v) is 2.16. The molecule has 0 aromatic rings. The lowest BCUT2D eigenvalue weighted by molar-refractivity contribution is -0.0377. The molecule has 0 aromatic heterocycles. The largest absolute Gasteiger partial charge is 0.359 e. The van der Waals surface area contributed by atoms with Crippen LogP contribution in [0, 0.1) is 0 Å². The van der Waals surface area contributed by atoms with Crippen LogP contribution in [0.4, 0.5) is 0 Å². The first-order chi connectivity index (χ1) is 5.33. The highest BCUT2D eigenvalue weighted by molar-refractivity contribution is 4.64. The Labute approximate surface area is 69.3 Å². The summed E-state index contributed by atoms with van der Waals surface area (Å²) >= 11 is 0. The van der Waals surface area contributed by atoms with Gasteiger partial charge in [0.1, 0.15) is 6.23 Å². The summed E-state index contributed by atoms with van der Waals surface area (Å²) in [6.07, 6.45) is 5.34. The van der Waals surface area contributed by atoms with Gasteiger partial charge in [-0.1, -0.05) is 6.92 Å². The van der Waals surface area contributed by atoms with E-state index in [2.05, 4.69) is 19.2 Å². The third kappa shape index (κ3) is 3.21. The summed E-state index contributed by atoms with van der Waals surface area (Å²) in [6.45, 7) is 5.26. The predicted octanol–water partition coefficient (Wildman–Crippen LogP) is 1.92. The molecule has 2 atom stereocenters. The summed E-state index contributed by atoms with van der Waals surface area (Å²) in [5.74, 6) is 0. The van der Waals surface area contributed by atoms with Gasteiger partial charge in [-0.05, 0) is 32.6 Å². The van der Waals surface area contributed by atoms with E-state index >= 15 is 0 Å². The first-order valence-corrected chi connectivity index (χ1v) is 4.65. The van der Waals surface area contributed by atoms with Gasteiger partial charge in [0.05, 0.1) is 6.10 Å². The second-order valence-electron chi connectivity index (χ2n) is 3.21. The quantitative estimate of drug-likeness (QED) is 0.612. The molecule has 1 radical (unpaired) electrons. The normalized spacial score (nSPS) is 28.4. The minimum atomic E-state index is 0.207. The van der Waals surface area contributed by atoms with Gasteiger partial charge in [0.2, 0.25) is 0 Å². The van der Waals surface area contributed by atoms with E-state index in [1.54, 1.807) is 0 Å². The molecule has 1 heterocycles. The van der Waals surface area contributed by atoms with Crippen molar-refractivity contribution in [1.82, 2.24) is 5.32 Å². The standard InChI is InChI=1S/C9H18NO/c1-3-8(2)11-9-6-4-5-7-10-9/h8-9H,3-7H2,1-2H3. The molecule has 1 aliphatic rings. The molecule has 0 saturated carbocycles. The van der Waals surface area contributed by atoms with Crippen LogP contribution >= 0.6 is 0 Å². The van der Waals surface area contributed by atoms with Gasteiger partial charge in [-0.3, -0.25) is 0 Å². The minimum absolute atomic E-state index is 0.207. The van der Waals surface area contributed by atoms with E-state index in [9.17, 15) is 0 Å². The van der Waals surface area contributed by atoms with E-state index < -0.39 is 0 Å². The van der Waals surface area contributed by atoms with Crippen LogP contribution in [0.3, 0.4) is 0 Å². The number of hydrogen-bond acceptors (Lipinski definition) is 1. The predicted molar refractivity (Wildman–Crippen MR) is 45.5 cm³/mol. The van der Waals surface area contributed by atoms with E-state index in [1.807, 2.05) is 0 Å². The van der Waals surface area contributed by atoms with Gasteiger partial charge in [0.25, 0.3) is 0 Å². The maximum Gasteiger partial charge on any atom is 0.123 e. The lowest BCUT2D eigenvalue weighted by Gasteiger charge is -2.24. The Balaban J connectivity index is 2.13. The van der Waals surface area contributed by atoms with Crippen LogP contribution in [0.5, 0.6) is 0 Å². The second-order valence-corrected chi connectivity index (χ2v) is 3.21. The van der Waals surface area contributed by atoms with Gasteiger partial charge in [-0.15, -0.1) is 0 Å². The molecule has 1 fully saturated rings. The maximum absolute atomic E-state index is 5.67. The summed E-state index contributed by atoms with van der Waals surface area (Å²) in [6, 6.07) is 0. The highest BCUT2D eigenvalue weighted by Gasteiger charge is 2.15. The molecule has 2 nitrogen and oxygen atoms in total. The summed E-state index contributed by atoms with van der Waals surface area (Å²) < 4.78 is 5.67. The number of ether oxygens (including phenoxy) is 1. The van der Waals surface area contributed by atoms with Crippen LogP contribution in [0.25, 0.3) is 0 Å². The summed E-state index contributed by atoms with van der Waals surface area (Å²) in [5.41, 5.74) is 0. The van der Waals surface area contributed by atoms with Gasteiger partial charge in [0.15, 0.2) is 0 Å². The van der Waals surface area contributed by atoms with Gasteiger partial charge in [0, 0.05) is 6.54 Å². The first kappa shape index (κ1) is 9.01. The lowest BCUT2D eigenvalue weighted by atomic mass is 10.1. The van der Waals surface area contributed by atoms with Gasteiger partial charge < -0.3 is 4.74 Å². The molecular weight excluding hydrogens is 138 g/mol. The molecule has 2 unspecified atom stereocenters. The van der Waals surface area contributed by atoms with E-state index in [0.29, 0.717) is 6.10 Å². The fourth-order valence-corrected chi connectivity index (χ4v) is 1.23. The molecule has 1 aliphatic heterocycles. The van der Waals surface area contributed by atoms with E-state index in [0.717, 1.165) is 19.4 Å². The lowest BCUT2D eigenvalue weighted by Crippen LogP contribution is -2.32. The number of nitrogens with zero attached hydrogens (tertiary/aromatic N) is 1. The fourth-order valence-electron chi connectivity index (χ4n) is 1.23. The van der Waals surface area contributed by atoms with Crippen LogP contribution in [0.1, 0.15) is 39.5 Å². The second kappa shape index (κ2) is 4.73. The Morgan fingerprint density at radius 2 is 2.36 bits per heavy atom. The van der Waals surface area contributed by atoms with Crippen molar-refractivity contribution < 1.29 is 4.74 Å².